The van der Waals surface area contributed by atoms with Gasteiger partial charge in [-0.2, -0.15) is 0 Å². The monoisotopic (exact) mass is 439 g/mol. The van der Waals surface area contributed by atoms with Gasteiger partial charge in [-0.05, 0) is 29.2 Å². The quantitative estimate of drug-likeness (QED) is 0.573. The Balaban J connectivity index is 1.45. The van der Waals surface area contributed by atoms with Crippen molar-refractivity contribution in [3.8, 4) is 11.1 Å². The van der Waals surface area contributed by atoms with Gasteiger partial charge >= 0.3 is 12.1 Å². The molecule has 32 heavy (non-hydrogen) atoms. The van der Waals surface area contributed by atoms with Crippen LogP contribution in [0.15, 0.2) is 48.5 Å². The third-order valence-corrected chi connectivity index (χ3v) is 5.51. The van der Waals surface area contributed by atoms with E-state index in [-0.39, 0.29) is 25.6 Å². The van der Waals surface area contributed by atoms with Gasteiger partial charge in [-0.15, -0.1) is 0 Å². The minimum atomic E-state index is -1.15. The molecule has 0 heterocycles. The molecule has 9 heteroatoms. The fourth-order valence-corrected chi connectivity index (χ4v) is 3.54. The van der Waals surface area contributed by atoms with Crippen LogP contribution in [0.2, 0.25) is 0 Å². The van der Waals surface area contributed by atoms with Crippen molar-refractivity contribution in [2.24, 2.45) is 0 Å². The first-order valence-electron chi connectivity index (χ1n) is 10.1. The maximum atomic E-state index is 12.1. The maximum absolute atomic E-state index is 12.1. The van der Waals surface area contributed by atoms with Crippen molar-refractivity contribution in [2.45, 2.75) is 18.9 Å². The van der Waals surface area contributed by atoms with Gasteiger partial charge < -0.3 is 25.4 Å². The van der Waals surface area contributed by atoms with E-state index in [0.717, 1.165) is 27.2 Å². The van der Waals surface area contributed by atoms with Gasteiger partial charge in [0.1, 0.15) is 19.2 Å². The van der Waals surface area contributed by atoms with E-state index < -0.39 is 29.9 Å². The minimum absolute atomic E-state index is 0.0913. The lowest BCUT2D eigenvalue weighted by Gasteiger charge is -2.21. The lowest BCUT2D eigenvalue weighted by atomic mass is 9.98. The molecule has 3 amide bonds. The predicted octanol–water partition coefficient (Wildman–Crippen LogP) is 1.57. The molecule has 0 radical (unpaired) electrons. The Kier molecular flexibility index (Phi) is 7.09. The van der Waals surface area contributed by atoms with Gasteiger partial charge in [-0.1, -0.05) is 48.5 Å². The smallest absolute Gasteiger partial charge is 0.407 e. The van der Waals surface area contributed by atoms with Gasteiger partial charge in [0.25, 0.3) is 0 Å². The molecule has 0 aliphatic heterocycles. The molecule has 0 spiro atoms. The van der Waals surface area contributed by atoms with Crippen LogP contribution in [-0.2, 0) is 19.1 Å². The number of likely N-dealkylation sites (N-methyl/N-ethyl adjacent to an activating group) is 1. The second kappa shape index (κ2) is 9.95. The summed E-state index contributed by atoms with van der Waals surface area (Å²) in [6, 6.07) is 14.9. The Morgan fingerprint density at radius 3 is 2.09 bits per heavy atom. The Morgan fingerprint density at radius 1 is 0.969 bits per heavy atom. The first-order valence-corrected chi connectivity index (χ1v) is 10.1. The fourth-order valence-electron chi connectivity index (χ4n) is 3.54. The average Bonchev–Trinajstić information content (AvgIpc) is 3.12. The summed E-state index contributed by atoms with van der Waals surface area (Å²) in [5.41, 5.74) is 4.39. The molecule has 1 aliphatic rings. The molecule has 0 bridgehead atoms. The van der Waals surface area contributed by atoms with Crippen molar-refractivity contribution in [3.05, 3.63) is 59.7 Å². The summed E-state index contributed by atoms with van der Waals surface area (Å²) >= 11 is 0. The standard InChI is InChI=1S/C23H25N3O6/c1-14(22(29)30)26(2)21(28)12-24-20(27)11-25-23(31)32-13-19-17-9-5-3-7-15(17)16-8-4-6-10-18(16)19/h3-10,14,19H,11-13H2,1-2H3,(H,24,27)(H,25,31)(H,29,30)/t14-/m0/s1. The summed E-state index contributed by atoms with van der Waals surface area (Å²) in [6.45, 7) is 0.736. The summed E-state index contributed by atoms with van der Waals surface area (Å²) in [7, 11) is 1.34. The number of ether oxygens (including phenoxy) is 1. The molecule has 3 N–H and O–H groups in total. The summed E-state index contributed by atoms with van der Waals surface area (Å²) in [4.78, 5) is 47.8. The van der Waals surface area contributed by atoms with E-state index in [1.54, 1.807) is 0 Å². The maximum Gasteiger partial charge on any atom is 0.407 e. The second-order valence-electron chi connectivity index (χ2n) is 7.47. The number of amides is 3. The van der Waals surface area contributed by atoms with Crippen LogP contribution < -0.4 is 10.6 Å². The van der Waals surface area contributed by atoms with Crippen molar-refractivity contribution < 1.29 is 29.0 Å². The van der Waals surface area contributed by atoms with Gasteiger partial charge in [-0.3, -0.25) is 9.59 Å². The summed E-state index contributed by atoms with van der Waals surface area (Å²) in [5, 5.41) is 13.6. The minimum Gasteiger partial charge on any atom is -0.480 e. The highest BCUT2D eigenvalue weighted by atomic mass is 16.5. The molecular weight excluding hydrogens is 414 g/mol. The van der Waals surface area contributed by atoms with Gasteiger partial charge in [0.15, 0.2) is 0 Å². The number of carbonyl (C=O) groups excluding carboxylic acids is 3. The molecule has 1 aliphatic carbocycles. The van der Waals surface area contributed by atoms with E-state index in [1.165, 1.54) is 14.0 Å². The first-order chi connectivity index (χ1) is 15.3. The van der Waals surface area contributed by atoms with Crippen molar-refractivity contribution >= 4 is 23.9 Å². The summed E-state index contributed by atoms with van der Waals surface area (Å²) in [6.07, 6.45) is -0.745. The van der Waals surface area contributed by atoms with Gasteiger partial charge in [0.2, 0.25) is 11.8 Å². The van der Waals surface area contributed by atoms with Crippen LogP contribution >= 0.6 is 0 Å². The van der Waals surface area contributed by atoms with E-state index in [2.05, 4.69) is 10.6 Å². The lowest BCUT2D eigenvalue weighted by Crippen LogP contribution is -2.46. The average molecular weight is 439 g/mol. The Hall–Kier alpha value is -3.88. The molecule has 2 aromatic carbocycles. The van der Waals surface area contributed by atoms with Crippen molar-refractivity contribution in [1.82, 2.24) is 15.5 Å². The highest BCUT2D eigenvalue weighted by Crippen LogP contribution is 2.44. The van der Waals surface area contributed by atoms with E-state index in [0.29, 0.717) is 0 Å². The lowest BCUT2D eigenvalue weighted by molar-refractivity contribution is -0.148. The molecular formula is C23H25N3O6. The van der Waals surface area contributed by atoms with Gasteiger partial charge in [0.05, 0.1) is 6.54 Å². The number of rotatable bonds is 8. The number of alkyl carbamates (subject to hydrolysis) is 1. The van der Waals surface area contributed by atoms with Gasteiger partial charge in [-0.25, -0.2) is 9.59 Å². The SMILES string of the molecule is C[C@@H](C(=O)O)N(C)C(=O)CNC(=O)CNC(=O)OCC1c2ccccc2-c2ccccc21. The zero-order valence-electron chi connectivity index (χ0n) is 17.8. The molecule has 0 fully saturated rings. The topological polar surface area (TPSA) is 125 Å². The highest BCUT2D eigenvalue weighted by Gasteiger charge is 2.29. The molecule has 1 atom stereocenters. The first kappa shape index (κ1) is 22.8. The number of fused-ring (bicyclic) bond motifs is 3. The van der Waals surface area contributed by atoms with E-state index in [1.807, 2.05) is 48.5 Å². The number of carboxylic acid groups (broad SMARTS) is 1. The molecule has 0 unspecified atom stereocenters. The Bertz CT molecular complexity index is 992. The number of aliphatic carboxylic acids is 1. The Morgan fingerprint density at radius 2 is 1.53 bits per heavy atom. The molecule has 0 saturated carbocycles. The predicted molar refractivity (Wildman–Crippen MR) is 116 cm³/mol. The van der Waals surface area contributed by atoms with Crippen molar-refractivity contribution in [2.75, 3.05) is 26.7 Å². The van der Waals surface area contributed by atoms with E-state index in [9.17, 15) is 19.2 Å². The summed E-state index contributed by atoms with van der Waals surface area (Å²) < 4.78 is 5.34. The number of hydrogen-bond acceptors (Lipinski definition) is 5. The van der Waals surface area contributed by atoms with E-state index in [4.69, 9.17) is 9.84 Å². The number of hydrogen-bond donors (Lipinski definition) is 3. The van der Waals surface area contributed by atoms with Crippen LogP contribution in [0.5, 0.6) is 0 Å². The van der Waals surface area contributed by atoms with Gasteiger partial charge in [0, 0.05) is 13.0 Å². The zero-order chi connectivity index (χ0) is 23.3. The van der Waals surface area contributed by atoms with Crippen LogP contribution in [0.1, 0.15) is 24.0 Å². The molecule has 9 nitrogen and oxygen atoms in total. The molecule has 3 rings (SSSR count). The molecule has 168 valence electrons. The molecule has 2 aromatic rings. The van der Waals surface area contributed by atoms with Crippen molar-refractivity contribution in [3.63, 3.8) is 0 Å². The number of nitrogens with zero attached hydrogens (tertiary/aromatic N) is 1. The zero-order valence-corrected chi connectivity index (χ0v) is 17.8. The number of carboxylic acids is 1. The normalized spacial score (nSPS) is 12.8. The Labute approximate surface area is 185 Å². The van der Waals surface area contributed by atoms with Crippen LogP contribution in [0.25, 0.3) is 11.1 Å². The number of nitrogens with one attached hydrogen (secondary N) is 2. The number of benzene rings is 2. The van der Waals surface area contributed by atoms with E-state index >= 15 is 0 Å². The second-order valence-corrected chi connectivity index (χ2v) is 7.47. The highest BCUT2D eigenvalue weighted by molar-refractivity contribution is 5.89. The largest absolute Gasteiger partial charge is 0.480 e. The summed E-state index contributed by atoms with van der Waals surface area (Å²) in [5.74, 6) is -2.40. The third kappa shape index (κ3) is 5.05. The van der Waals surface area contributed by atoms with Crippen molar-refractivity contribution in [1.29, 1.82) is 0 Å². The van der Waals surface area contributed by atoms with Crippen LogP contribution in [0.4, 0.5) is 4.79 Å². The fraction of sp³-hybridized carbons (Fsp3) is 0.304. The van der Waals surface area contributed by atoms with Crippen LogP contribution in [0.3, 0.4) is 0 Å². The van der Waals surface area contributed by atoms with Crippen LogP contribution in [-0.4, -0.2) is 66.7 Å². The third-order valence-electron chi connectivity index (χ3n) is 5.51. The molecule has 0 aromatic heterocycles. The molecule has 0 saturated heterocycles. The number of carbonyl (C=O) groups is 4. The van der Waals surface area contributed by atoms with Crippen LogP contribution in [0, 0.1) is 0 Å².